The van der Waals surface area contributed by atoms with Crippen LogP contribution in [-0.4, -0.2) is 50.1 Å². The number of guanidine groups is 1. The molecule has 0 amide bonds. The lowest BCUT2D eigenvalue weighted by molar-refractivity contribution is 0.317. The minimum absolute atomic E-state index is 0.171. The van der Waals surface area contributed by atoms with Crippen LogP contribution in [0, 0.1) is 12.7 Å². The number of rotatable bonds is 6. The first-order valence-corrected chi connectivity index (χ1v) is 8.57. The van der Waals surface area contributed by atoms with Crippen molar-refractivity contribution in [1.82, 2.24) is 15.5 Å². The number of hydrogen-bond acceptors (Lipinski definition) is 2. The van der Waals surface area contributed by atoms with E-state index in [9.17, 15) is 4.39 Å². The molecule has 0 bridgehead atoms. The predicted octanol–water partition coefficient (Wildman–Crippen LogP) is 2.33. The average Bonchev–Trinajstić information content (AvgIpc) is 2.92. The van der Waals surface area contributed by atoms with Gasteiger partial charge >= 0.3 is 0 Å². The van der Waals surface area contributed by atoms with Crippen molar-refractivity contribution in [2.24, 2.45) is 4.99 Å². The Morgan fingerprint density at radius 1 is 1.39 bits per heavy atom. The predicted molar refractivity (Wildman–Crippen MR) is 94.5 cm³/mol. The molecule has 1 saturated heterocycles. The van der Waals surface area contributed by atoms with Gasteiger partial charge in [0.05, 0.1) is 6.54 Å². The Hall–Kier alpha value is -1.62. The molecule has 128 valence electrons. The van der Waals surface area contributed by atoms with Crippen molar-refractivity contribution in [3.63, 3.8) is 0 Å². The van der Waals surface area contributed by atoms with E-state index in [4.69, 9.17) is 4.99 Å². The second kappa shape index (κ2) is 8.87. The van der Waals surface area contributed by atoms with Crippen LogP contribution in [0.4, 0.5) is 4.39 Å². The summed E-state index contributed by atoms with van der Waals surface area (Å²) in [5, 5.41) is 6.67. The van der Waals surface area contributed by atoms with E-state index in [2.05, 4.69) is 29.5 Å². The summed E-state index contributed by atoms with van der Waals surface area (Å²) in [6.45, 7) is 7.67. The minimum Gasteiger partial charge on any atom is -0.357 e. The second-order valence-corrected chi connectivity index (χ2v) is 6.24. The molecule has 0 radical (unpaired) electrons. The molecule has 0 spiro atoms. The second-order valence-electron chi connectivity index (χ2n) is 6.24. The van der Waals surface area contributed by atoms with Crippen molar-refractivity contribution in [2.75, 3.05) is 33.2 Å². The third-order valence-electron chi connectivity index (χ3n) is 4.47. The molecule has 23 heavy (non-hydrogen) atoms. The lowest BCUT2D eigenvalue weighted by atomic mass is 10.1. The van der Waals surface area contributed by atoms with Gasteiger partial charge in [-0.15, -0.1) is 0 Å². The van der Waals surface area contributed by atoms with Gasteiger partial charge in [-0.2, -0.15) is 0 Å². The molecule has 1 aliphatic heterocycles. The molecule has 1 fully saturated rings. The fourth-order valence-electron chi connectivity index (χ4n) is 3.00. The Balaban J connectivity index is 1.84. The summed E-state index contributed by atoms with van der Waals surface area (Å²) >= 11 is 0. The maximum absolute atomic E-state index is 13.1. The average molecular weight is 320 g/mol. The first-order valence-electron chi connectivity index (χ1n) is 8.57. The van der Waals surface area contributed by atoms with Gasteiger partial charge in [-0.1, -0.05) is 6.07 Å². The molecule has 2 N–H and O–H groups in total. The topological polar surface area (TPSA) is 39.7 Å². The summed E-state index contributed by atoms with van der Waals surface area (Å²) in [7, 11) is 2.17. The Kier molecular flexibility index (Phi) is 6.84. The van der Waals surface area contributed by atoms with Crippen LogP contribution < -0.4 is 10.6 Å². The van der Waals surface area contributed by atoms with E-state index < -0.39 is 0 Å². The molecule has 1 atom stereocenters. The molecule has 1 aromatic carbocycles. The smallest absolute Gasteiger partial charge is 0.191 e. The van der Waals surface area contributed by atoms with Crippen LogP contribution in [0.15, 0.2) is 23.2 Å². The monoisotopic (exact) mass is 320 g/mol. The van der Waals surface area contributed by atoms with Crippen molar-refractivity contribution < 1.29 is 4.39 Å². The van der Waals surface area contributed by atoms with Crippen LogP contribution in [-0.2, 0) is 6.42 Å². The fraction of sp³-hybridized carbons (Fsp3) is 0.611. The third-order valence-corrected chi connectivity index (χ3v) is 4.47. The van der Waals surface area contributed by atoms with Crippen LogP contribution in [0.2, 0.25) is 0 Å². The van der Waals surface area contributed by atoms with Crippen LogP contribution in [0.25, 0.3) is 0 Å². The zero-order valence-electron chi connectivity index (χ0n) is 14.5. The number of hydrogen-bond donors (Lipinski definition) is 2. The van der Waals surface area contributed by atoms with Gasteiger partial charge in [0.1, 0.15) is 5.82 Å². The van der Waals surface area contributed by atoms with E-state index in [1.165, 1.54) is 31.0 Å². The van der Waals surface area contributed by atoms with Crippen LogP contribution >= 0.6 is 0 Å². The molecular formula is C18H29FN4. The van der Waals surface area contributed by atoms with Gasteiger partial charge in [0.15, 0.2) is 5.96 Å². The fourth-order valence-corrected chi connectivity index (χ4v) is 3.00. The highest BCUT2D eigenvalue weighted by atomic mass is 19.1. The van der Waals surface area contributed by atoms with Crippen LogP contribution in [0.1, 0.15) is 30.9 Å². The normalized spacial score (nSPS) is 19.1. The lowest BCUT2D eigenvalue weighted by Crippen LogP contribution is -2.39. The Morgan fingerprint density at radius 3 is 2.87 bits per heavy atom. The molecule has 4 nitrogen and oxygen atoms in total. The van der Waals surface area contributed by atoms with Crippen LogP contribution in [0.3, 0.4) is 0 Å². The highest BCUT2D eigenvalue weighted by molar-refractivity contribution is 5.79. The molecule has 0 saturated carbocycles. The molecule has 1 aliphatic rings. The van der Waals surface area contributed by atoms with Crippen molar-refractivity contribution in [2.45, 2.75) is 39.2 Å². The van der Waals surface area contributed by atoms with E-state index in [1.807, 2.05) is 13.0 Å². The number of aryl methyl sites for hydroxylation is 1. The van der Waals surface area contributed by atoms with Gasteiger partial charge in [0.2, 0.25) is 0 Å². The molecular weight excluding hydrogens is 291 g/mol. The van der Waals surface area contributed by atoms with Crippen molar-refractivity contribution in [3.8, 4) is 0 Å². The molecule has 1 unspecified atom stereocenters. The van der Waals surface area contributed by atoms with Crippen molar-refractivity contribution in [1.29, 1.82) is 0 Å². The quantitative estimate of drug-likeness (QED) is 0.624. The van der Waals surface area contributed by atoms with Crippen LogP contribution in [0.5, 0.6) is 0 Å². The Morgan fingerprint density at radius 2 is 2.22 bits per heavy atom. The maximum atomic E-state index is 13.1. The molecule has 5 heteroatoms. The first kappa shape index (κ1) is 17.7. The molecule has 2 rings (SSSR count). The summed E-state index contributed by atoms with van der Waals surface area (Å²) in [5.74, 6) is 0.697. The molecule has 1 aromatic rings. The minimum atomic E-state index is -0.171. The summed E-state index contributed by atoms with van der Waals surface area (Å²) in [6.07, 6.45) is 3.36. The van der Waals surface area contributed by atoms with Gasteiger partial charge in [-0.25, -0.2) is 4.39 Å². The van der Waals surface area contributed by atoms with E-state index in [-0.39, 0.29) is 5.82 Å². The van der Waals surface area contributed by atoms with E-state index in [0.29, 0.717) is 6.04 Å². The summed E-state index contributed by atoms with van der Waals surface area (Å²) in [4.78, 5) is 7.09. The highest BCUT2D eigenvalue weighted by Gasteiger charge is 2.20. The zero-order valence-corrected chi connectivity index (χ0v) is 14.5. The lowest BCUT2D eigenvalue weighted by Gasteiger charge is -2.18. The van der Waals surface area contributed by atoms with E-state index in [1.54, 1.807) is 6.07 Å². The highest BCUT2D eigenvalue weighted by Crippen LogP contribution is 2.14. The molecule has 1 heterocycles. The van der Waals surface area contributed by atoms with Crippen molar-refractivity contribution in [3.05, 3.63) is 35.1 Å². The number of nitrogens with zero attached hydrogens (tertiary/aromatic N) is 2. The van der Waals surface area contributed by atoms with Gasteiger partial charge in [0, 0.05) is 19.1 Å². The Labute approximate surface area is 139 Å². The summed E-state index contributed by atoms with van der Waals surface area (Å²) in [6, 6.07) is 5.54. The number of halogens is 1. The molecule has 0 aromatic heterocycles. The number of benzene rings is 1. The Bertz CT molecular complexity index is 530. The number of aliphatic imine (C=N–C) groups is 1. The SMILES string of the molecule is CCNC(=NCC1CCCN1C)NCCc1ccc(F)cc1C. The first-order chi connectivity index (χ1) is 11.1. The zero-order chi connectivity index (χ0) is 16.7. The standard InChI is InChI=1S/C18H29FN4/c1-4-20-18(22-13-17-6-5-11-23(17)3)21-10-9-15-7-8-16(19)12-14(15)2/h7-8,12,17H,4-6,9-11,13H2,1-3H3,(H2,20,21,22). The van der Waals surface area contributed by atoms with Gasteiger partial charge in [0.25, 0.3) is 0 Å². The maximum Gasteiger partial charge on any atom is 0.191 e. The largest absolute Gasteiger partial charge is 0.357 e. The number of nitrogens with one attached hydrogen (secondary N) is 2. The van der Waals surface area contributed by atoms with Gasteiger partial charge in [-0.3, -0.25) is 4.99 Å². The van der Waals surface area contributed by atoms with E-state index in [0.717, 1.165) is 37.6 Å². The number of likely N-dealkylation sites (tertiary alicyclic amines) is 1. The summed E-state index contributed by atoms with van der Waals surface area (Å²) < 4.78 is 13.1. The van der Waals surface area contributed by atoms with Gasteiger partial charge < -0.3 is 15.5 Å². The number of likely N-dealkylation sites (N-methyl/N-ethyl adjacent to an activating group) is 1. The van der Waals surface area contributed by atoms with Gasteiger partial charge in [-0.05, 0) is 70.0 Å². The van der Waals surface area contributed by atoms with Crippen molar-refractivity contribution >= 4 is 5.96 Å². The molecule has 0 aliphatic carbocycles. The third kappa shape index (κ3) is 5.50. The van der Waals surface area contributed by atoms with E-state index >= 15 is 0 Å². The summed E-state index contributed by atoms with van der Waals surface area (Å²) in [5.41, 5.74) is 2.17.